The number of benzene rings is 1. The zero-order valence-electron chi connectivity index (χ0n) is 23.6. The summed E-state index contributed by atoms with van der Waals surface area (Å²) in [7, 11) is 1.36. The number of amides is 3. The van der Waals surface area contributed by atoms with Crippen molar-refractivity contribution < 1.29 is 19.1 Å². The Morgan fingerprint density at radius 3 is 2.29 bits per heavy atom. The number of halogens is 2. The molecule has 3 amide bonds. The predicted molar refractivity (Wildman–Crippen MR) is 162 cm³/mol. The number of urea groups is 1. The normalized spacial score (nSPS) is 13.8. The number of hydrogen-bond donors (Lipinski definition) is 0. The maximum absolute atomic E-state index is 13.5. The fourth-order valence-corrected chi connectivity index (χ4v) is 4.50. The van der Waals surface area contributed by atoms with E-state index in [1.807, 2.05) is 37.3 Å². The van der Waals surface area contributed by atoms with Crippen molar-refractivity contribution in [2.24, 2.45) is 0 Å². The van der Waals surface area contributed by atoms with Crippen LogP contribution in [0.15, 0.2) is 60.6 Å². The number of nitrogens with zero attached hydrogens (tertiary/aromatic N) is 5. The van der Waals surface area contributed by atoms with E-state index >= 15 is 0 Å². The monoisotopic (exact) mass is 601 g/mol. The standard InChI is InChI=1S/C30H35N5O4.2ClH/c1-4-6-11-27-32-19-25(34(27)20-22-12-14-23(15-13-22)29(37)39-3)18-26-28(36)33(17-7-5-2)30(38)35(26)21-24-10-8-9-16-31-24;;/h8-10,12-16,18-19H,4-7,11,17,20-21H2,1-3H3;2*1H/b26-18-;;. The molecule has 3 aromatic rings. The number of pyridine rings is 1. The van der Waals surface area contributed by atoms with E-state index in [4.69, 9.17) is 4.74 Å². The predicted octanol–water partition coefficient (Wildman–Crippen LogP) is 5.90. The number of imidazole rings is 1. The van der Waals surface area contributed by atoms with Gasteiger partial charge in [0, 0.05) is 25.7 Å². The van der Waals surface area contributed by atoms with Crippen LogP contribution in [0.4, 0.5) is 4.79 Å². The van der Waals surface area contributed by atoms with Gasteiger partial charge in [-0.2, -0.15) is 0 Å². The second-order valence-electron chi connectivity index (χ2n) is 9.51. The summed E-state index contributed by atoms with van der Waals surface area (Å²) in [5, 5.41) is 0. The minimum Gasteiger partial charge on any atom is -0.465 e. The van der Waals surface area contributed by atoms with Crippen molar-refractivity contribution in [2.45, 2.75) is 59.0 Å². The Kier molecular flexibility index (Phi) is 13.0. The molecule has 1 saturated heterocycles. The third-order valence-electron chi connectivity index (χ3n) is 6.72. The first-order valence-electron chi connectivity index (χ1n) is 13.4. The average Bonchev–Trinajstić information content (AvgIpc) is 3.43. The number of unbranched alkanes of at least 4 members (excludes halogenated alkanes) is 2. The highest BCUT2D eigenvalue weighted by Crippen LogP contribution is 2.27. The molecule has 2 aromatic heterocycles. The fraction of sp³-hybridized carbons (Fsp3) is 0.367. The molecule has 0 radical (unpaired) electrons. The summed E-state index contributed by atoms with van der Waals surface area (Å²) in [6.45, 7) is 5.23. The lowest BCUT2D eigenvalue weighted by Gasteiger charge is -2.17. The van der Waals surface area contributed by atoms with Gasteiger partial charge >= 0.3 is 12.0 Å². The van der Waals surface area contributed by atoms with Gasteiger partial charge in [0.2, 0.25) is 0 Å². The molecule has 1 aromatic carbocycles. The van der Waals surface area contributed by atoms with Crippen molar-refractivity contribution in [3.8, 4) is 0 Å². The number of rotatable bonds is 12. The van der Waals surface area contributed by atoms with Gasteiger partial charge in [0.25, 0.3) is 5.91 Å². The zero-order chi connectivity index (χ0) is 27.8. The Morgan fingerprint density at radius 1 is 0.927 bits per heavy atom. The van der Waals surface area contributed by atoms with Crippen molar-refractivity contribution in [3.63, 3.8) is 0 Å². The minimum absolute atomic E-state index is 0. The number of methoxy groups -OCH3 is 1. The van der Waals surface area contributed by atoms with Gasteiger partial charge in [-0.3, -0.25) is 19.6 Å². The lowest BCUT2D eigenvalue weighted by atomic mass is 10.1. The zero-order valence-corrected chi connectivity index (χ0v) is 25.2. The summed E-state index contributed by atoms with van der Waals surface area (Å²) >= 11 is 0. The van der Waals surface area contributed by atoms with Gasteiger partial charge < -0.3 is 9.30 Å². The summed E-state index contributed by atoms with van der Waals surface area (Å²) in [4.78, 5) is 50.6. The molecule has 0 saturated carbocycles. The van der Waals surface area contributed by atoms with Gasteiger partial charge in [-0.1, -0.05) is 44.9 Å². The molecule has 1 aliphatic rings. The number of aryl methyl sites for hydroxylation is 1. The average molecular weight is 603 g/mol. The molecule has 0 bridgehead atoms. The molecule has 41 heavy (non-hydrogen) atoms. The van der Waals surface area contributed by atoms with Gasteiger partial charge in [-0.25, -0.2) is 14.6 Å². The van der Waals surface area contributed by atoms with Crippen LogP contribution in [0.5, 0.6) is 0 Å². The Labute approximate surface area is 253 Å². The summed E-state index contributed by atoms with van der Waals surface area (Å²) in [6.07, 6.45) is 9.59. The molecule has 1 aliphatic heterocycles. The molecular formula is C30H37Cl2N5O4. The number of carbonyl (C=O) groups is 3. The Balaban J connectivity index is 0.00000294. The van der Waals surface area contributed by atoms with Crippen molar-refractivity contribution in [3.05, 3.63) is 88.9 Å². The molecule has 0 atom stereocenters. The molecule has 1 fully saturated rings. The van der Waals surface area contributed by atoms with Crippen LogP contribution in [0.3, 0.4) is 0 Å². The second-order valence-corrected chi connectivity index (χ2v) is 9.51. The van der Waals surface area contributed by atoms with E-state index in [0.29, 0.717) is 30.0 Å². The number of carbonyl (C=O) groups excluding carboxylic acids is 3. The van der Waals surface area contributed by atoms with Crippen LogP contribution < -0.4 is 0 Å². The smallest absolute Gasteiger partial charge is 0.337 e. The molecule has 11 heteroatoms. The van der Waals surface area contributed by atoms with Crippen LogP contribution in [-0.2, 0) is 29.0 Å². The first kappa shape index (κ1) is 33.5. The fourth-order valence-electron chi connectivity index (χ4n) is 4.50. The lowest BCUT2D eigenvalue weighted by molar-refractivity contribution is -0.123. The summed E-state index contributed by atoms with van der Waals surface area (Å²) in [5.41, 5.74) is 3.20. The number of hydrogen-bond acceptors (Lipinski definition) is 6. The molecular weight excluding hydrogens is 565 g/mol. The quantitative estimate of drug-likeness (QED) is 0.145. The Bertz CT molecular complexity index is 1340. The number of imide groups is 1. The van der Waals surface area contributed by atoms with E-state index in [-0.39, 0.29) is 49.3 Å². The van der Waals surface area contributed by atoms with Gasteiger partial charge in [0.15, 0.2) is 0 Å². The van der Waals surface area contributed by atoms with Gasteiger partial charge in [-0.05, 0) is 48.7 Å². The number of aromatic nitrogens is 3. The SMILES string of the molecule is CCCCc1ncc(/C=C2/C(=O)N(CCCC)C(=O)N2Cc2ccccn2)n1Cc1ccc(C(=O)OC)cc1.Cl.Cl. The molecule has 4 rings (SSSR count). The summed E-state index contributed by atoms with van der Waals surface area (Å²) in [6, 6.07) is 12.4. The van der Waals surface area contributed by atoms with Crippen LogP contribution in [0, 0.1) is 0 Å². The van der Waals surface area contributed by atoms with Crippen LogP contribution in [0.2, 0.25) is 0 Å². The first-order valence-corrected chi connectivity index (χ1v) is 13.4. The third-order valence-corrected chi connectivity index (χ3v) is 6.72. The minimum atomic E-state index is -0.386. The van der Waals surface area contributed by atoms with Gasteiger partial charge in [0.1, 0.15) is 11.5 Å². The Hall–Kier alpha value is -3.69. The molecule has 220 valence electrons. The highest BCUT2D eigenvalue weighted by molar-refractivity contribution is 6.13. The van der Waals surface area contributed by atoms with Gasteiger partial charge in [-0.15, -0.1) is 24.8 Å². The molecule has 0 aliphatic carbocycles. The van der Waals surface area contributed by atoms with Crippen LogP contribution in [0.25, 0.3) is 6.08 Å². The van der Waals surface area contributed by atoms with Crippen molar-refractivity contribution in [1.82, 2.24) is 24.3 Å². The van der Waals surface area contributed by atoms with E-state index in [1.165, 1.54) is 16.9 Å². The number of ether oxygens (including phenoxy) is 1. The summed E-state index contributed by atoms with van der Waals surface area (Å²) in [5.74, 6) is 0.203. The summed E-state index contributed by atoms with van der Waals surface area (Å²) < 4.78 is 6.88. The topological polar surface area (TPSA) is 97.6 Å². The van der Waals surface area contributed by atoms with Gasteiger partial charge in [0.05, 0.1) is 36.8 Å². The second kappa shape index (κ2) is 15.9. The van der Waals surface area contributed by atoms with E-state index in [9.17, 15) is 14.4 Å². The van der Waals surface area contributed by atoms with E-state index < -0.39 is 0 Å². The number of esters is 1. The van der Waals surface area contributed by atoms with E-state index in [1.54, 1.807) is 30.6 Å². The van der Waals surface area contributed by atoms with Crippen LogP contribution in [-0.4, -0.2) is 55.9 Å². The molecule has 9 nitrogen and oxygen atoms in total. The molecule has 0 spiro atoms. The van der Waals surface area contributed by atoms with Crippen LogP contribution >= 0.6 is 24.8 Å². The van der Waals surface area contributed by atoms with Crippen molar-refractivity contribution >= 4 is 48.8 Å². The highest BCUT2D eigenvalue weighted by atomic mass is 35.5. The van der Waals surface area contributed by atoms with Crippen molar-refractivity contribution in [2.75, 3.05) is 13.7 Å². The lowest BCUT2D eigenvalue weighted by Crippen LogP contribution is -2.33. The molecule has 0 N–H and O–H groups in total. The molecule has 3 heterocycles. The first-order chi connectivity index (χ1) is 19.0. The highest BCUT2D eigenvalue weighted by Gasteiger charge is 2.40. The van der Waals surface area contributed by atoms with Crippen LogP contribution in [0.1, 0.15) is 72.7 Å². The maximum atomic E-state index is 13.5. The largest absolute Gasteiger partial charge is 0.465 e. The Morgan fingerprint density at radius 2 is 1.66 bits per heavy atom. The third kappa shape index (κ3) is 7.95. The van der Waals surface area contributed by atoms with E-state index in [0.717, 1.165) is 49.2 Å². The van der Waals surface area contributed by atoms with Crippen molar-refractivity contribution in [1.29, 1.82) is 0 Å². The van der Waals surface area contributed by atoms with E-state index in [2.05, 4.69) is 21.5 Å². The molecule has 0 unspecified atom stereocenters. The maximum Gasteiger partial charge on any atom is 0.337 e.